The summed E-state index contributed by atoms with van der Waals surface area (Å²) >= 11 is 0. The van der Waals surface area contributed by atoms with Crippen molar-refractivity contribution in [2.24, 2.45) is 9.98 Å². The highest BCUT2D eigenvalue weighted by molar-refractivity contribution is 7.85. The van der Waals surface area contributed by atoms with E-state index in [-0.39, 0.29) is 4.90 Å². The van der Waals surface area contributed by atoms with E-state index in [4.69, 9.17) is 14.0 Å². The first-order chi connectivity index (χ1) is 19.5. The third kappa shape index (κ3) is 14.9. The van der Waals surface area contributed by atoms with Crippen LogP contribution in [0.15, 0.2) is 87.7 Å². The van der Waals surface area contributed by atoms with E-state index in [2.05, 4.69) is 9.98 Å². The summed E-state index contributed by atoms with van der Waals surface area (Å²) in [5, 5.41) is 0. The van der Waals surface area contributed by atoms with E-state index >= 15 is 0 Å². The highest BCUT2D eigenvalue weighted by atomic mass is 32.2. The largest absolute Gasteiger partial charge is 0.494 e. The molecule has 3 aromatic rings. The normalized spacial score (nSPS) is 11.3. The standard InChI is InChI=1S/C24H34N4O2.C7H8O3S/c1-27(2)19-25-21-9-13-23(14-10-21)29-17-7-5-6-8-18-30-24-15-11-22(12-16-24)26-20-28(3)4;1-6-2-4-7(5-3-6)11(8,9)10/h9-16,19-20H,5-8,17-18H2,1-4H3;2-5H,1H3,(H,8,9,10). The van der Waals surface area contributed by atoms with Gasteiger partial charge in [0, 0.05) is 28.2 Å². The Morgan fingerprint density at radius 1 is 0.659 bits per heavy atom. The van der Waals surface area contributed by atoms with E-state index in [1.165, 1.54) is 12.1 Å². The lowest BCUT2D eigenvalue weighted by atomic mass is 10.2. The van der Waals surface area contributed by atoms with Crippen molar-refractivity contribution in [2.45, 2.75) is 37.5 Å². The van der Waals surface area contributed by atoms with Crippen LogP contribution in [-0.2, 0) is 10.1 Å². The average molecular weight is 583 g/mol. The molecular formula is C31H42N4O5S. The Bertz CT molecular complexity index is 1240. The van der Waals surface area contributed by atoms with Crippen molar-refractivity contribution in [1.82, 2.24) is 9.80 Å². The summed E-state index contributed by atoms with van der Waals surface area (Å²) in [6.07, 6.45) is 7.92. The van der Waals surface area contributed by atoms with Crippen molar-refractivity contribution < 1.29 is 22.4 Å². The van der Waals surface area contributed by atoms with E-state index in [1.54, 1.807) is 24.8 Å². The zero-order valence-electron chi connectivity index (χ0n) is 24.6. The number of ether oxygens (including phenoxy) is 2. The highest BCUT2D eigenvalue weighted by Crippen LogP contribution is 2.19. The van der Waals surface area contributed by atoms with Gasteiger partial charge in [0.25, 0.3) is 10.1 Å². The van der Waals surface area contributed by atoms with Crippen LogP contribution in [0.1, 0.15) is 31.2 Å². The van der Waals surface area contributed by atoms with Crippen molar-refractivity contribution >= 4 is 34.2 Å². The van der Waals surface area contributed by atoms with Crippen LogP contribution in [0.3, 0.4) is 0 Å². The molecule has 0 aromatic heterocycles. The van der Waals surface area contributed by atoms with Gasteiger partial charge < -0.3 is 19.3 Å². The van der Waals surface area contributed by atoms with Crippen LogP contribution in [0.4, 0.5) is 11.4 Å². The summed E-state index contributed by atoms with van der Waals surface area (Å²) in [6, 6.07) is 21.7. The van der Waals surface area contributed by atoms with Crippen LogP contribution in [-0.4, -0.2) is 76.9 Å². The van der Waals surface area contributed by atoms with E-state index < -0.39 is 10.1 Å². The molecule has 0 amide bonds. The third-order valence-electron chi connectivity index (χ3n) is 5.44. The summed E-state index contributed by atoms with van der Waals surface area (Å²) < 4.78 is 41.2. The van der Waals surface area contributed by atoms with Crippen LogP contribution in [0, 0.1) is 6.92 Å². The lowest BCUT2D eigenvalue weighted by molar-refractivity contribution is 0.287. The molecule has 0 aliphatic rings. The van der Waals surface area contributed by atoms with Gasteiger partial charge in [-0.1, -0.05) is 17.7 Å². The number of benzene rings is 3. The summed E-state index contributed by atoms with van der Waals surface area (Å²) in [6.45, 7) is 3.31. The second-order valence-corrected chi connectivity index (χ2v) is 11.2. The van der Waals surface area contributed by atoms with Crippen molar-refractivity contribution in [3.05, 3.63) is 78.4 Å². The fourth-order valence-electron chi connectivity index (χ4n) is 3.27. The molecule has 9 nitrogen and oxygen atoms in total. The predicted molar refractivity (Wildman–Crippen MR) is 167 cm³/mol. The van der Waals surface area contributed by atoms with Gasteiger partial charge >= 0.3 is 0 Å². The molecular weight excluding hydrogens is 540 g/mol. The summed E-state index contributed by atoms with van der Waals surface area (Å²) in [7, 11) is 3.79. The average Bonchev–Trinajstić information content (AvgIpc) is 2.93. The van der Waals surface area contributed by atoms with Gasteiger partial charge in [-0.05, 0) is 93.3 Å². The molecule has 10 heteroatoms. The molecule has 0 bridgehead atoms. The number of aliphatic imine (C=N–C) groups is 2. The Morgan fingerprint density at radius 2 is 1.05 bits per heavy atom. The van der Waals surface area contributed by atoms with E-state index in [0.717, 1.165) is 67.3 Å². The number of unbranched alkanes of at least 4 members (excludes halogenated alkanes) is 3. The van der Waals surface area contributed by atoms with Crippen molar-refractivity contribution in [3.63, 3.8) is 0 Å². The summed E-state index contributed by atoms with van der Waals surface area (Å²) in [5.74, 6) is 1.78. The zero-order chi connectivity index (χ0) is 30.1. The number of nitrogens with zero attached hydrogens (tertiary/aromatic N) is 4. The lowest BCUT2D eigenvalue weighted by Crippen LogP contribution is -2.06. The maximum atomic E-state index is 10.5. The quantitative estimate of drug-likeness (QED) is 0.102. The Morgan fingerprint density at radius 3 is 1.39 bits per heavy atom. The fraction of sp³-hybridized carbons (Fsp3) is 0.355. The van der Waals surface area contributed by atoms with E-state index in [1.807, 2.05) is 93.4 Å². The van der Waals surface area contributed by atoms with Gasteiger partial charge in [-0.25, -0.2) is 9.98 Å². The van der Waals surface area contributed by atoms with Crippen LogP contribution in [0.5, 0.6) is 11.5 Å². The van der Waals surface area contributed by atoms with Gasteiger partial charge in [-0.3, -0.25) is 4.55 Å². The Hall–Kier alpha value is -3.89. The number of hydrogen-bond donors (Lipinski definition) is 1. The molecule has 222 valence electrons. The molecule has 1 N–H and O–H groups in total. The molecule has 0 aliphatic heterocycles. The zero-order valence-corrected chi connectivity index (χ0v) is 25.4. The van der Waals surface area contributed by atoms with Crippen LogP contribution in [0.2, 0.25) is 0 Å². The highest BCUT2D eigenvalue weighted by Gasteiger charge is 2.06. The molecule has 0 saturated carbocycles. The van der Waals surface area contributed by atoms with Gasteiger partial charge in [-0.2, -0.15) is 8.42 Å². The van der Waals surface area contributed by atoms with Gasteiger partial charge in [0.05, 0.1) is 42.2 Å². The summed E-state index contributed by atoms with van der Waals surface area (Å²) in [4.78, 5) is 12.5. The first kappa shape index (κ1) is 33.3. The van der Waals surface area contributed by atoms with E-state index in [0.29, 0.717) is 0 Å². The number of aryl methyl sites for hydroxylation is 1. The molecule has 0 radical (unpaired) electrons. The van der Waals surface area contributed by atoms with Gasteiger partial charge in [0.1, 0.15) is 11.5 Å². The van der Waals surface area contributed by atoms with Crippen LogP contribution in [0.25, 0.3) is 0 Å². The van der Waals surface area contributed by atoms with Crippen LogP contribution < -0.4 is 9.47 Å². The first-order valence-corrected chi connectivity index (χ1v) is 14.9. The fourth-order valence-corrected chi connectivity index (χ4v) is 3.75. The number of rotatable bonds is 14. The Kier molecular flexibility index (Phi) is 14.4. The molecule has 0 saturated heterocycles. The van der Waals surface area contributed by atoms with Gasteiger partial charge in [0.15, 0.2) is 0 Å². The third-order valence-corrected chi connectivity index (χ3v) is 6.31. The molecule has 0 aliphatic carbocycles. The Labute approximate surface area is 244 Å². The van der Waals surface area contributed by atoms with Crippen LogP contribution >= 0.6 is 0 Å². The van der Waals surface area contributed by atoms with Gasteiger partial charge in [-0.15, -0.1) is 0 Å². The first-order valence-electron chi connectivity index (χ1n) is 13.4. The molecule has 41 heavy (non-hydrogen) atoms. The molecule has 0 unspecified atom stereocenters. The molecule has 0 heterocycles. The van der Waals surface area contributed by atoms with E-state index in [9.17, 15) is 8.42 Å². The van der Waals surface area contributed by atoms with Gasteiger partial charge in [0.2, 0.25) is 0 Å². The van der Waals surface area contributed by atoms with Crippen molar-refractivity contribution in [3.8, 4) is 11.5 Å². The molecule has 0 atom stereocenters. The lowest BCUT2D eigenvalue weighted by Gasteiger charge is -2.08. The number of hydrogen-bond acceptors (Lipinski definition) is 6. The predicted octanol–water partition coefficient (Wildman–Crippen LogP) is 6.39. The second kappa shape index (κ2) is 17.7. The smallest absolute Gasteiger partial charge is 0.294 e. The minimum Gasteiger partial charge on any atom is -0.494 e. The van der Waals surface area contributed by atoms with Crippen molar-refractivity contribution in [2.75, 3.05) is 41.4 Å². The summed E-state index contributed by atoms with van der Waals surface area (Å²) in [5.41, 5.74) is 2.80. The topological polar surface area (TPSA) is 104 Å². The second-order valence-electron chi connectivity index (χ2n) is 9.80. The molecule has 3 aromatic carbocycles. The monoisotopic (exact) mass is 582 g/mol. The molecule has 3 rings (SSSR count). The Balaban J connectivity index is 0.000000446. The minimum absolute atomic E-state index is 0.0666. The maximum absolute atomic E-state index is 10.5. The molecule has 0 spiro atoms. The molecule has 0 fully saturated rings. The maximum Gasteiger partial charge on any atom is 0.294 e. The van der Waals surface area contributed by atoms with Crippen molar-refractivity contribution in [1.29, 1.82) is 0 Å². The SMILES string of the molecule is CN(C)C=Nc1ccc(OCCCCCCOc2ccc(N=CN(C)C)cc2)cc1.Cc1ccc(S(=O)(=O)O)cc1. The minimum atomic E-state index is -4.02.